The predicted molar refractivity (Wildman–Crippen MR) is 67.6 cm³/mol. The van der Waals surface area contributed by atoms with Crippen LogP contribution in [0, 0.1) is 5.92 Å². The van der Waals surface area contributed by atoms with Crippen LogP contribution >= 0.6 is 11.3 Å². The fourth-order valence-corrected chi connectivity index (χ4v) is 3.53. The molecule has 1 N–H and O–H groups in total. The van der Waals surface area contributed by atoms with Gasteiger partial charge in [-0.15, -0.1) is 11.3 Å². The van der Waals surface area contributed by atoms with E-state index < -0.39 is 0 Å². The van der Waals surface area contributed by atoms with Crippen molar-refractivity contribution in [2.24, 2.45) is 5.92 Å². The fraction of sp³-hybridized carbons (Fsp3) is 0.692. The van der Waals surface area contributed by atoms with E-state index in [0.717, 1.165) is 5.92 Å². The second-order valence-corrected chi connectivity index (χ2v) is 5.79. The van der Waals surface area contributed by atoms with Gasteiger partial charge in [-0.2, -0.15) is 0 Å². The molecular formula is C13H21NS. The van der Waals surface area contributed by atoms with E-state index in [1.54, 1.807) is 9.75 Å². The quantitative estimate of drug-likeness (QED) is 0.826. The maximum atomic E-state index is 3.49. The molecule has 0 aromatic carbocycles. The molecule has 1 aliphatic heterocycles. The summed E-state index contributed by atoms with van der Waals surface area (Å²) in [5.41, 5.74) is 0. The van der Waals surface area contributed by atoms with Gasteiger partial charge in [0.05, 0.1) is 0 Å². The summed E-state index contributed by atoms with van der Waals surface area (Å²) >= 11 is 2.02. The first-order chi connectivity index (χ1) is 7.38. The normalized spacial score (nSPS) is 21.8. The molecule has 15 heavy (non-hydrogen) atoms. The summed E-state index contributed by atoms with van der Waals surface area (Å²) in [7, 11) is 0. The molecule has 1 aliphatic rings. The zero-order valence-electron chi connectivity index (χ0n) is 9.59. The van der Waals surface area contributed by atoms with Gasteiger partial charge in [-0.05, 0) is 56.8 Å². The number of hydrogen-bond donors (Lipinski definition) is 1. The molecule has 0 aliphatic carbocycles. The van der Waals surface area contributed by atoms with Crippen molar-refractivity contribution in [2.75, 3.05) is 13.1 Å². The van der Waals surface area contributed by atoms with Crippen molar-refractivity contribution in [1.29, 1.82) is 0 Å². The molecule has 0 radical (unpaired) electrons. The van der Waals surface area contributed by atoms with Gasteiger partial charge in [-0.1, -0.05) is 13.3 Å². The molecule has 0 saturated carbocycles. The highest BCUT2D eigenvalue weighted by molar-refractivity contribution is 7.11. The number of hydrogen-bond acceptors (Lipinski definition) is 2. The van der Waals surface area contributed by atoms with Crippen LogP contribution in [0.15, 0.2) is 12.1 Å². The Kier molecular flexibility index (Phi) is 4.21. The monoisotopic (exact) mass is 223 g/mol. The second kappa shape index (κ2) is 5.66. The standard InChI is InChI=1S/C13H21NS/c1-2-4-12-6-7-13(15-12)9-11-5-3-8-14-10-11/h6-7,11,14H,2-5,8-10H2,1H3. The topological polar surface area (TPSA) is 12.0 Å². The van der Waals surface area contributed by atoms with E-state index in [1.165, 1.54) is 45.2 Å². The molecule has 2 heterocycles. The summed E-state index contributed by atoms with van der Waals surface area (Å²) in [6.07, 6.45) is 6.59. The van der Waals surface area contributed by atoms with Crippen LogP contribution in [0.1, 0.15) is 35.9 Å². The van der Waals surface area contributed by atoms with Gasteiger partial charge in [0.1, 0.15) is 0 Å². The van der Waals surface area contributed by atoms with E-state index in [1.807, 2.05) is 11.3 Å². The molecule has 84 valence electrons. The minimum atomic E-state index is 0.881. The molecule has 1 aromatic rings. The maximum Gasteiger partial charge on any atom is 0.00514 e. The Hall–Kier alpha value is -0.340. The minimum absolute atomic E-state index is 0.881. The highest BCUT2D eigenvalue weighted by Gasteiger charge is 2.14. The van der Waals surface area contributed by atoms with Crippen LogP contribution in [-0.4, -0.2) is 13.1 Å². The number of piperidine rings is 1. The summed E-state index contributed by atoms with van der Waals surface area (Å²) < 4.78 is 0. The third-order valence-corrected chi connectivity index (χ3v) is 4.27. The Morgan fingerprint density at radius 3 is 3.00 bits per heavy atom. The van der Waals surface area contributed by atoms with Gasteiger partial charge >= 0.3 is 0 Å². The van der Waals surface area contributed by atoms with E-state index in [-0.39, 0.29) is 0 Å². The van der Waals surface area contributed by atoms with Gasteiger partial charge < -0.3 is 5.32 Å². The van der Waals surface area contributed by atoms with Crippen LogP contribution in [0.5, 0.6) is 0 Å². The van der Waals surface area contributed by atoms with Gasteiger partial charge in [0.15, 0.2) is 0 Å². The molecule has 2 rings (SSSR count). The maximum absolute atomic E-state index is 3.49. The largest absolute Gasteiger partial charge is 0.316 e. The average Bonchev–Trinajstić information content (AvgIpc) is 2.68. The van der Waals surface area contributed by atoms with Crippen LogP contribution in [0.25, 0.3) is 0 Å². The molecule has 1 saturated heterocycles. The second-order valence-electron chi connectivity index (χ2n) is 4.53. The molecule has 0 amide bonds. The first-order valence-electron chi connectivity index (χ1n) is 6.16. The summed E-state index contributed by atoms with van der Waals surface area (Å²) in [4.78, 5) is 3.16. The lowest BCUT2D eigenvalue weighted by Crippen LogP contribution is -2.30. The van der Waals surface area contributed by atoms with Crippen LogP contribution in [0.3, 0.4) is 0 Å². The van der Waals surface area contributed by atoms with Gasteiger partial charge in [-0.3, -0.25) is 0 Å². The van der Waals surface area contributed by atoms with Crippen molar-refractivity contribution in [3.8, 4) is 0 Å². The molecule has 2 heteroatoms. The van der Waals surface area contributed by atoms with Crippen LogP contribution < -0.4 is 5.32 Å². The van der Waals surface area contributed by atoms with Gasteiger partial charge in [0.25, 0.3) is 0 Å². The number of aryl methyl sites for hydroxylation is 1. The SMILES string of the molecule is CCCc1ccc(CC2CCCNC2)s1. The Labute approximate surface area is 96.9 Å². The van der Waals surface area contributed by atoms with E-state index >= 15 is 0 Å². The van der Waals surface area contributed by atoms with Crippen LogP contribution in [-0.2, 0) is 12.8 Å². The zero-order chi connectivity index (χ0) is 10.5. The summed E-state index contributed by atoms with van der Waals surface area (Å²) in [5, 5.41) is 3.49. The highest BCUT2D eigenvalue weighted by atomic mass is 32.1. The Balaban J connectivity index is 1.86. The molecular weight excluding hydrogens is 202 g/mol. The van der Waals surface area contributed by atoms with Crippen molar-refractivity contribution in [2.45, 2.75) is 39.0 Å². The molecule has 1 fully saturated rings. The third kappa shape index (κ3) is 3.32. The lowest BCUT2D eigenvalue weighted by molar-refractivity contribution is 0.378. The molecule has 0 spiro atoms. The van der Waals surface area contributed by atoms with Gasteiger partial charge in [0.2, 0.25) is 0 Å². The summed E-state index contributed by atoms with van der Waals surface area (Å²) in [6, 6.07) is 4.66. The van der Waals surface area contributed by atoms with E-state index in [4.69, 9.17) is 0 Å². The van der Waals surface area contributed by atoms with Crippen molar-refractivity contribution in [3.05, 3.63) is 21.9 Å². The molecule has 1 nitrogen and oxygen atoms in total. The van der Waals surface area contributed by atoms with E-state index in [0.29, 0.717) is 0 Å². The highest BCUT2D eigenvalue weighted by Crippen LogP contribution is 2.23. The van der Waals surface area contributed by atoms with E-state index in [2.05, 4.69) is 24.4 Å². The van der Waals surface area contributed by atoms with Crippen LogP contribution in [0.4, 0.5) is 0 Å². The third-order valence-electron chi connectivity index (χ3n) is 3.10. The van der Waals surface area contributed by atoms with E-state index in [9.17, 15) is 0 Å². The lowest BCUT2D eigenvalue weighted by atomic mass is 9.96. The predicted octanol–water partition coefficient (Wildman–Crippen LogP) is 3.24. The first-order valence-corrected chi connectivity index (χ1v) is 6.98. The van der Waals surface area contributed by atoms with Gasteiger partial charge in [0, 0.05) is 9.75 Å². The fourth-order valence-electron chi connectivity index (χ4n) is 2.30. The van der Waals surface area contributed by atoms with Gasteiger partial charge in [-0.25, -0.2) is 0 Å². The zero-order valence-corrected chi connectivity index (χ0v) is 10.4. The number of rotatable bonds is 4. The molecule has 1 atom stereocenters. The van der Waals surface area contributed by atoms with Crippen molar-refractivity contribution >= 4 is 11.3 Å². The lowest BCUT2D eigenvalue weighted by Gasteiger charge is -2.21. The Bertz CT molecular complexity index is 286. The molecule has 0 bridgehead atoms. The Morgan fingerprint density at radius 2 is 2.27 bits per heavy atom. The number of thiophene rings is 1. The van der Waals surface area contributed by atoms with Crippen molar-refractivity contribution in [1.82, 2.24) is 5.32 Å². The molecule has 1 aromatic heterocycles. The van der Waals surface area contributed by atoms with Crippen LogP contribution in [0.2, 0.25) is 0 Å². The smallest absolute Gasteiger partial charge is 0.00514 e. The van der Waals surface area contributed by atoms with Crippen molar-refractivity contribution in [3.63, 3.8) is 0 Å². The average molecular weight is 223 g/mol. The Morgan fingerprint density at radius 1 is 1.40 bits per heavy atom. The minimum Gasteiger partial charge on any atom is -0.316 e. The van der Waals surface area contributed by atoms with Crippen molar-refractivity contribution < 1.29 is 0 Å². The number of nitrogens with one attached hydrogen (secondary N) is 1. The summed E-state index contributed by atoms with van der Waals surface area (Å²) in [5.74, 6) is 0.881. The summed E-state index contributed by atoms with van der Waals surface area (Å²) in [6.45, 7) is 4.70. The first kappa shape index (κ1) is 11.2. The molecule has 1 unspecified atom stereocenters.